The number of benzene rings is 1. The largest absolute Gasteiger partial charge is 0.329 e. The number of sulfonamides is 1. The van der Waals surface area contributed by atoms with E-state index in [2.05, 4.69) is 4.72 Å². The molecular formula is C10H15FN2O2S. The Morgan fingerprint density at radius 1 is 1.50 bits per heavy atom. The van der Waals surface area contributed by atoms with Gasteiger partial charge in [-0.25, -0.2) is 17.5 Å². The highest BCUT2D eigenvalue weighted by Crippen LogP contribution is 2.15. The Morgan fingerprint density at radius 3 is 2.62 bits per heavy atom. The third kappa shape index (κ3) is 3.01. The number of nitrogens with one attached hydrogen (secondary N) is 1. The van der Waals surface area contributed by atoms with Crippen molar-refractivity contribution < 1.29 is 12.8 Å². The second-order valence-corrected chi connectivity index (χ2v) is 5.37. The van der Waals surface area contributed by atoms with Crippen LogP contribution < -0.4 is 10.5 Å². The zero-order chi connectivity index (χ0) is 12.3. The number of hydrogen-bond acceptors (Lipinski definition) is 3. The molecule has 0 amide bonds. The summed E-state index contributed by atoms with van der Waals surface area (Å²) in [6.07, 6.45) is 0. The molecule has 1 aromatic rings. The Hall–Kier alpha value is -0.980. The van der Waals surface area contributed by atoms with Gasteiger partial charge in [-0.1, -0.05) is 6.07 Å². The lowest BCUT2D eigenvalue weighted by atomic mass is 10.2. The first-order valence-electron chi connectivity index (χ1n) is 4.85. The van der Waals surface area contributed by atoms with Gasteiger partial charge in [-0.05, 0) is 31.5 Å². The molecule has 0 saturated carbocycles. The van der Waals surface area contributed by atoms with Crippen molar-refractivity contribution in [2.24, 2.45) is 5.73 Å². The van der Waals surface area contributed by atoms with E-state index in [1.165, 1.54) is 12.1 Å². The summed E-state index contributed by atoms with van der Waals surface area (Å²) in [7, 11) is -3.82. The Balaban J connectivity index is 3.08. The van der Waals surface area contributed by atoms with Crippen LogP contribution in [0.1, 0.15) is 12.5 Å². The van der Waals surface area contributed by atoms with Crippen molar-refractivity contribution in [1.82, 2.24) is 4.72 Å². The number of hydrogen-bond donors (Lipinski definition) is 2. The third-order valence-electron chi connectivity index (χ3n) is 2.09. The van der Waals surface area contributed by atoms with Crippen molar-refractivity contribution in [2.75, 3.05) is 6.54 Å². The lowest BCUT2D eigenvalue weighted by Gasteiger charge is -2.12. The molecule has 1 aromatic carbocycles. The Bertz CT molecular complexity index is 474. The fourth-order valence-corrected chi connectivity index (χ4v) is 2.52. The van der Waals surface area contributed by atoms with Gasteiger partial charge in [0.2, 0.25) is 10.0 Å². The van der Waals surface area contributed by atoms with E-state index in [9.17, 15) is 12.8 Å². The number of aryl methyl sites for hydroxylation is 1. The van der Waals surface area contributed by atoms with Gasteiger partial charge in [-0.3, -0.25) is 0 Å². The number of nitrogens with two attached hydrogens (primary N) is 1. The van der Waals surface area contributed by atoms with Crippen molar-refractivity contribution >= 4 is 10.0 Å². The normalized spacial score (nSPS) is 13.8. The van der Waals surface area contributed by atoms with E-state index in [4.69, 9.17) is 5.73 Å². The second-order valence-electron chi connectivity index (χ2n) is 3.69. The minimum atomic E-state index is -3.82. The smallest absolute Gasteiger partial charge is 0.243 e. The van der Waals surface area contributed by atoms with Gasteiger partial charge in [0.25, 0.3) is 0 Å². The third-order valence-corrected chi connectivity index (χ3v) is 3.71. The first kappa shape index (κ1) is 13.1. The van der Waals surface area contributed by atoms with Gasteiger partial charge in [0.05, 0.1) is 0 Å². The van der Waals surface area contributed by atoms with E-state index in [-0.39, 0.29) is 11.4 Å². The SMILES string of the molecule is Cc1ccc(S(=O)(=O)N[C@@H](C)CN)c(F)c1. The zero-order valence-corrected chi connectivity index (χ0v) is 10.0. The molecule has 0 heterocycles. The molecule has 0 aliphatic heterocycles. The van der Waals surface area contributed by atoms with Crippen LogP contribution in [0.25, 0.3) is 0 Å². The van der Waals surface area contributed by atoms with Crippen LogP contribution in [0, 0.1) is 12.7 Å². The molecule has 16 heavy (non-hydrogen) atoms. The molecule has 6 heteroatoms. The van der Waals surface area contributed by atoms with Crippen LogP contribution in [-0.2, 0) is 10.0 Å². The van der Waals surface area contributed by atoms with Gasteiger partial charge in [0.1, 0.15) is 10.7 Å². The quantitative estimate of drug-likeness (QED) is 0.823. The first-order chi connectivity index (χ1) is 7.36. The van der Waals surface area contributed by atoms with Crippen molar-refractivity contribution in [1.29, 1.82) is 0 Å². The molecular weight excluding hydrogens is 231 g/mol. The Morgan fingerprint density at radius 2 is 2.12 bits per heavy atom. The molecule has 0 radical (unpaired) electrons. The molecule has 0 spiro atoms. The number of halogens is 1. The Labute approximate surface area is 94.7 Å². The van der Waals surface area contributed by atoms with Gasteiger partial charge in [0.15, 0.2) is 0 Å². The second kappa shape index (κ2) is 4.90. The summed E-state index contributed by atoms with van der Waals surface area (Å²) in [4.78, 5) is -0.349. The van der Waals surface area contributed by atoms with Crippen LogP contribution in [0.3, 0.4) is 0 Å². The van der Waals surface area contributed by atoms with E-state index in [1.54, 1.807) is 19.9 Å². The topological polar surface area (TPSA) is 72.2 Å². The van der Waals surface area contributed by atoms with Crippen LogP contribution in [0.4, 0.5) is 4.39 Å². The van der Waals surface area contributed by atoms with E-state index < -0.39 is 21.9 Å². The Kier molecular flexibility index (Phi) is 4.01. The minimum Gasteiger partial charge on any atom is -0.329 e. The first-order valence-corrected chi connectivity index (χ1v) is 6.33. The average Bonchev–Trinajstić information content (AvgIpc) is 2.16. The molecule has 0 saturated heterocycles. The predicted octanol–water partition coefficient (Wildman–Crippen LogP) is 0.760. The van der Waals surface area contributed by atoms with Crippen LogP contribution in [0.2, 0.25) is 0 Å². The van der Waals surface area contributed by atoms with Gasteiger partial charge in [0, 0.05) is 12.6 Å². The van der Waals surface area contributed by atoms with E-state index in [0.717, 1.165) is 0 Å². The summed E-state index contributed by atoms with van der Waals surface area (Å²) >= 11 is 0. The molecule has 1 atom stereocenters. The van der Waals surface area contributed by atoms with Crippen LogP contribution in [0.15, 0.2) is 23.1 Å². The molecule has 0 unspecified atom stereocenters. The summed E-state index contributed by atoms with van der Waals surface area (Å²) in [6.45, 7) is 3.46. The zero-order valence-electron chi connectivity index (χ0n) is 9.20. The summed E-state index contributed by atoms with van der Waals surface area (Å²) in [6, 6.07) is 3.55. The molecule has 0 bridgehead atoms. The summed E-state index contributed by atoms with van der Waals surface area (Å²) in [5, 5.41) is 0. The van der Waals surface area contributed by atoms with Crippen LogP contribution >= 0.6 is 0 Å². The van der Waals surface area contributed by atoms with Gasteiger partial charge < -0.3 is 5.73 Å². The van der Waals surface area contributed by atoms with Crippen LogP contribution in [0.5, 0.6) is 0 Å². The van der Waals surface area contributed by atoms with E-state index in [1.807, 2.05) is 0 Å². The van der Waals surface area contributed by atoms with E-state index >= 15 is 0 Å². The summed E-state index contributed by atoms with van der Waals surface area (Å²) in [5.74, 6) is -0.753. The molecule has 4 nitrogen and oxygen atoms in total. The summed E-state index contributed by atoms with van der Waals surface area (Å²) < 4.78 is 39.2. The maximum absolute atomic E-state index is 13.5. The highest BCUT2D eigenvalue weighted by molar-refractivity contribution is 7.89. The summed E-state index contributed by atoms with van der Waals surface area (Å²) in [5.41, 5.74) is 5.97. The van der Waals surface area contributed by atoms with Crippen molar-refractivity contribution in [3.05, 3.63) is 29.6 Å². The fraction of sp³-hybridized carbons (Fsp3) is 0.400. The van der Waals surface area contributed by atoms with Crippen molar-refractivity contribution in [2.45, 2.75) is 24.8 Å². The molecule has 0 aliphatic rings. The fourth-order valence-electron chi connectivity index (χ4n) is 1.20. The van der Waals surface area contributed by atoms with Gasteiger partial charge >= 0.3 is 0 Å². The molecule has 3 N–H and O–H groups in total. The molecule has 0 aliphatic carbocycles. The maximum atomic E-state index is 13.5. The standard InChI is InChI=1S/C10H15FN2O2S/c1-7-3-4-10(9(11)5-7)16(14,15)13-8(2)6-12/h3-5,8,13H,6,12H2,1-2H3/t8-/m0/s1. The van der Waals surface area contributed by atoms with Gasteiger partial charge in [-0.2, -0.15) is 0 Å². The lowest BCUT2D eigenvalue weighted by molar-refractivity contribution is 0.544. The average molecular weight is 246 g/mol. The minimum absolute atomic E-state index is 0.159. The van der Waals surface area contributed by atoms with Gasteiger partial charge in [-0.15, -0.1) is 0 Å². The van der Waals surface area contributed by atoms with Crippen LogP contribution in [-0.4, -0.2) is 21.0 Å². The highest BCUT2D eigenvalue weighted by atomic mass is 32.2. The molecule has 1 rings (SSSR count). The molecule has 90 valence electrons. The predicted molar refractivity (Wildman–Crippen MR) is 60.0 cm³/mol. The molecule has 0 aromatic heterocycles. The van der Waals surface area contributed by atoms with E-state index in [0.29, 0.717) is 5.56 Å². The highest BCUT2D eigenvalue weighted by Gasteiger charge is 2.20. The maximum Gasteiger partial charge on any atom is 0.243 e. The van der Waals surface area contributed by atoms with Crippen molar-refractivity contribution in [3.63, 3.8) is 0 Å². The lowest BCUT2D eigenvalue weighted by Crippen LogP contribution is -2.38. The van der Waals surface area contributed by atoms with Crippen molar-refractivity contribution in [3.8, 4) is 0 Å². The monoisotopic (exact) mass is 246 g/mol. The number of rotatable bonds is 4. The molecule has 0 fully saturated rings.